The van der Waals surface area contributed by atoms with Crippen LogP contribution in [0.4, 0.5) is 0 Å². The maximum Gasteiger partial charge on any atom is 0.319 e. The van der Waals surface area contributed by atoms with E-state index in [4.69, 9.17) is 9.47 Å². The molecule has 0 unspecified atom stereocenters. The van der Waals surface area contributed by atoms with Crippen molar-refractivity contribution in [3.63, 3.8) is 0 Å². The summed E-state index contributed by atoms with van der Waals surface area (Å²) in [5.74, 6) is 0.357. The van der Waals surface area contributed by atoms with Gasteiger partial charge < -0.3 is 14.8 Å². The number of carbonyl (C=O) groups is 1. The van der Waals surface area contributed by atoms with Crippen molar-refractivity contribution in [3.05, 3.63) is 23.1 Å². The Morgan fingerprint density at radius 1 is 1.32 bits per heavy atom. The van der Waals surface area contributed by atoms with E-state index in [1.54, 1.807) is 10.9 Å². The summed E-state index contributed by atoms with van der Waals surface area (Å²) < 4.78 is 12.0. The number of amides is 1. The number of hydrogen-bond acceptors (Lipinski definition) is 6. The van der Waals surface area contributed by atoms with Gasteiger partial charge in [0.1, 0.15) is 5.69 Å². The lowest BCUT2D eigenvalue weighted by Gasteiger charge is -2.14. The van der Waals surface area contributed by atoms with E-state index in [1.165, 1.54) is 14.2 Å². The normalized spacial score (nSPS) is 13.2. The lowest BCUT2D eigenvalue weighted by molar-refractivity contribution is 0.0960. The first-order chi connectivity index (χ1) is 10.6. The highest BCUT2D eigenvalue weighted by molar-refractivity contribution is 5.96. The molecule has 1 N–H and O–H groups in total. The number of hydrogen-bond donors (Lipinski definition) is 1. The van der Waals surface area contributed by atoms with Crippen LogP contribution in [0.1, 0.15) is 41.5 Å². The molecule has 0 atom stereocenters. The molecule has 0 saturated heterocycles. The predicted octanol–water partition coefficient (Wildman–Crippen LogP) is 1.05. The van der Waals surface area contributed by atoms with Crippen molar-refractivity contribution < 1.29 is 14.3 Å². The van der Waals surface area contributed by atoms with E-state index in [2.05, 4.69) is 20.4 Å². The van der Waals surface area contributed by atoms with Gasteiger partial charge in [-0.15, -0.1) is 0 Å². The number of ether oxygens (including phenoxy) is 2. The maximum atomic E-state index is 11.9. The smallest absolute Gasteiger partial charge is 0.319 e. The summed E-state index contributed by atoms with van der Waals surface area (Å²) in [6.45, 7) is 4.59. The van der Waals surface area contributed by atoms with Crippen LogP contribution in [0.15, 0.2) is 6.20 Å². The van der Waals surface area contributed by atoms with E-state index >= 15 is 0 Å². The molecule has 1 aliphatic heterocycles. The second kappa shape index (κ2) is 5.28. The summed E-state index contributed by atoms with van der Waals surface area (Å²) in [5, 5.41) is 7.22. The molecule has 116 valence electrons. The standard InChI is InChI=1S/C14H17N5O3/c1-7(2)11-8-5-15-12(20)10(8)18-19(11)9-6-16-14(22-4)17-13(9)21-3/h6-7H,5H2,1-4H3,(H,15,20). The average molecular weight is 303 g/mol. The van der Waals surface area contributed by atoms with Crippen molar-refractivity contribution in [2.24, 2.45) is 0 Å². The van der Waals surface area contributed by atoms with E-state index in [0.717, 1.165) is 11.3 Å². The van der Waals surface area contributed by atoms with Crippen molar-refractivity contribution in [2.75, 3.05) is 14.2 Å². The van der Waals surface area contributed by atoms with Gasteiger partial charge in [0.25, 0.3) is 5.91 Å². The molecule has 1 aliphatic rings. The van der Waals surface area contributed by atoms with Gasteiger partial charge in [0.2, 0.25) is 5.88 Å². The van der Waals surface area contributed by atoms with Gasteiger partial charge >= 0.3 is 6.01 Å². The average Bonchev–Trinajstić information content (AvgIpc) is 3.06. The quantitative estimate of drug-likeness (QED) is 0.907. The molecule has 0 spiro atoms. The highest BCUT2D eigenvalue weighted by Gasteiger charge is 2.31. The molecule has 8 nitrogen and oxygen atoms in total. The Labute approximate surface area is 127 Å². The Bertz CT molecular complexity index is 738. The fourth-order valence-corrected chi connectivity index (χ4v) is 2.59. The predicted molar refractivity (Wildman–Crippen MR) is 77.5 cm³/mol. The zero-order valence-corrected chi connectivity index (χ0v) is 12.9. The van der Waals surface area contributed by atoms with Crippen molar-refractivity contribution in [1.29, 1.82) is 0 Å². The highest BCUT2D eigenvalue weighted by Crippen LogP contribution is 2.31. The minimum absolute atomic E-state index is 0.163. The monoisotopic (exact) mass is 303 g/mol. The summed E-state index contributed by atoms with van der Waals surface area (Å²) in [6, 6.07) is 0.212. The minimum Gasteiger partial charge on any atom is -0.479 e. The highest BCUT2D eigenvalue weighted by atomic mass is 16.5. The van der Waals surface area contributed by atoms with Crippen molar-refractivity contribution in [1.82, 2.24) is 25.1 Å². The number of rotatable bonds is 4. The van der Waals surface area contributed by atoms with E-state index in [-0.39, 0.29) is 17.8 Å². The molecule has 2 aromatic rings. The van der Waals surface area contributed by atoms with Crippen molar-refractivity contribution in [3.8, 4) is 17.6 Å². The Morgan fingerprint density at radius 2 is 2.09 bits per heavy atom. The molecule has 0 aromatic carbocycles. The summed E-state index contributed by atoms with van der Waals surface area (Å²) in [7, 11) is 3.00. The Kier molecular flexibility index (Phi) is 3.44. The fourth-order valence-electron chi connectivity index (χ4n) is 2.59. The van der Waals surface area contributed by atoms with Crippen molar-refractivity contribution >= 4 is 5.91 Å². The first-order valence-corrected chi connectivity index (χ1v) is 6.92. The molecule has 22 heavy (non-hydrogen) atoms. The van der Waals surface area contributed by atoms with E-state index < -0.39 is 0 Å². The zero-order chi connectivity index (χ0) is 15.9. The number of carbonyl (C=O) groups excluding carboxylic acids is 1. The number of methoxy groups -OCH3 is 2. The van der Waals surface area contributed by atoms with Crippen LogP contribution in [0.3, 0.4) is 0 Å². The largest absolute Gasteiger partial charge is 0.479 e. The van der Waals surface area contributed by atoms with Crippen LogP contribution in [0.5, 0.6) is 11.9 Å². The van der Waals surface area contributed by atoms with Gasteiger partial charge in [0, 0.05) is 12.1 Å². The third-order valence-corrected chi connectivity index (χ3v) is 3.53. The molecule has 0 bridgehead atoms. The fraction of sp³-hybridized carbons (Fsp3) is 0.429. The van der Waals surface area contributed by atoms with Crippen LogP contribution in [-0.4, -0.2) is 39.9 Å². The third-order valence-electron chi connectivity index (χ3n) is 3.53. The van der Waals surface area contributed by atoms with Gasteiger partial charge in [-0.3, -0.25) is 4.79 Å². The van der Waals surface area contributed by atoms with Gasteiger partial charge in [-0.1, -0.05) is 13.8 Å². The topological polar surface area (TPSA) is 91.2 Å². The van der Waals surface area contributed by atoms with Crippen LogP contribution in [0.25, 0.3) is 5.69 Å². The summed E-state index contributed by atoms with van der Waals surface area (Å²) in [6.07, 6.45) is 1.58. The van der Waals surface area contributed by atoms with Gasteiger partial charge in [-0.2, -0.15) is 10.1 Å². The Hall–Kier alpha value is -2.64. The minimum atomic E-state index is -0.163. The summed E-state index contributed by atoms with van der Waals surface area (Å²) in [4.78, 5) is 20.2. The van der Waals surface area contributed by atoms with Gasteiger partial charge in [-0.05, 0) is 5.92 Å². The number of nitrogens with one attached hydrogen (secondary N) is 1. The molecule has 0 saturated carbocycles. The van der Waals surface area contributed by atoms with E-state index in [9.17, 15) is 4.79 Å². The van der Waals surface area contributed by atoms with Gasteiger partial charge in [0.05, 0.1) is 26.1 Å². The molecule has 0 radical (unpaired) electrons. The molecular formula is C14H17N5O3. The zero-order valence-electron chi connectivity index (χ0n) is 12.9. The molecule has 2 aromatic heterocycles. The SMILES string of the molecule is COc1ncc(-n2nc3c(c2C(C)C)CNC3=O)c(OC)n1. The summed E-state index contributed by atoms with van der Waals surface area (Å²) >= 11 is 0. The van der Waals surface area contributed by atoms with E-state index in [0.29, 0.717) is 23.8 Å². The molecule has 1 amide bonds. The summed E-state index contributed by atoms with van der Waals surface area (Å²) in [5.41, 5.74) is 2.88. The van der Waals surface area contributed by atoms with E-state index in [1.807, 2.05) is 13.8 Å². The van der Waals surface area contributed by atoms with Crippen LogP contribution in [-0.2, 0) is 6.54 Å². The Balaban J connectivity index is 2.21. The molecule has 0 aliphatic carbocycles. The molecule has 3 rings (SSSR count). The lowest BCUT2D eigenvalue weighted by Crippen LogP contribution is -2.17. The number of fused-ring (bicyclic) bond motifs is 1. The van der Waals surface area contributed by atoms with Crippen LogP contribution in [0.2, 0.25) is 0 Å². The molecule has 0 fully saturated rings. The first kappa shape index (κ1) is 14.3. The van der Waals surface area contributed by atoms with Crippen LogP contribution < -0.4 is 14.8 Å². The Morgan fingerprint density at radius 3 is 2.73 bits per heavy atom. The second-order valence-electron chi connectivity index (χ2n) is 5.21. The third kappa shape index (κ3) is 2.07. The first-order valence-electron chi connectivity index (χ1n) is 6.92. The van der Waals surface area contributed by atoms with Gasteiger partial charge in [0.15, 0.2) is 5.69 Å². The molecule has 3 heterocycles. The molecule has 8 heteroatoms. The number of nitrogens with zero attached hydrogens (tertiary/aromatic N) is 4. The molecular weight excluding hydrogens is 286 g/mol. The van der Waals surface area contributed by atoms with Gasteiger partial charge in [-0.25, -0.2) is 9.67 Å². The number of aromatic nitrogens is 4. The van der Waals surface area contributed by atoms with Crippen LogP contribution >= 0.6 is 0 Å². The van der Waals surface area contributed by atoms with Crippen LogP contribution in [0, 0.1) is 0 Å². The van der Waals surface area contributed by atoms with Crippen molar-refractivity contribution in [2.45, 2.75) is 26.3 Å². The second-order valence-corrected chi connectivity index (χ2v) is 5.21. The lowest BCUT2D eigenvalue weighted by atomic mass is 10.0. The maximum absolute atomic E-state index is 11.9.